The van der Waals surface area contributed by atoms with Crippen LogP contribution in [0.4, 0.5) is 0 Å². The van der Waals surface area contributed by atoms with Gasteiger partial charge in [0.25, 0.3) is 0 Å². The maximum Gasteiger partial charge on any atom is 0.164 e. The van der Waals surface area contributed by atoms with Gasteiger partial charge in [-0.15, -0.1) is 11.3 Å². The van der Waals surface area contributed by atoms with Crippen LogP contribution in [0.1, 0.15) is 0 Å². The van der Waals surface area contributed by atoms with Crippen LogP contribution in [-0.2, 0) is 0 Å². The number of benzene rings is 7. The van der Waals surface area contributed by atoms with Crippen LogP contribution in [-0.4, -0.2) is 24.9 Å². The molecule has 3 aromatic heterocycles. The zero-order valence-electron chi connectivity index (χ0n) is 29.5. The van der Waals surface area contributed by atoms with E-state index in [1.807, 2.05) is 78.9 Å². The van der Waals surface area contributed by atoms with Crippen LogP contribution in [0.5, 0.6) is 0 Å². The lowest BCUT2D eigenvalue weighted by Crippen LogP contribution is -2.00. The predicted molar refractivity (Wildman–Crippen MR) is 226 cm³/mol. The van der Waals surface area contributed by atoms with E-state index in [9.17, 15) is 0 Å². The second-order valence-electron chi connectivity index (χ2n) is 13.3. The Morgan fingerprint density at radius 2 is 0.691 bits per heavy atom. The van der Waals surface area contributed by atoms with E-state index < -0.39 is 0 Å². The third-order valence-electron chi connectivity index (χ3n) is 9.74. The molecule has 5 nitrogen and oxygen atoms in total. The van der Waals surface area contributed by atoms with Gasteiger partial charge in [0.2, 0.25) is 0 Å². The normalized spacial score (nSPS) is 11.3. The number of rotatable bonds is 7. The minimum atomic E-state index is 0.620. The lowest BCUT2D eigenvalue weighted by molar-refractivity contribution is 1.07. The van der Waals surface area contributed by atoms with Crippen molar-refractivity contribution in [1.82, 2.24) is 24.9 Å². The largest absolute Gasteiger partial charge is 0.228 e. The molecule has 0 amide bonds. The number of fused-ring (bicyclic) bond motifs is 3. The van der Waals surface area contributed by atoms with Crippen molar-refractivity contribution in [2.45, 2.75) is 0 Å². The molecule has 0 aliphatic heterocycles. The highest BCUT2D eigenvalue weighted by Crippen LogP contribution is 2.37. The molecule has 258 valence electrons. The number of nitrogens with zero attached hydrogens (tertiary/aromatic N) is 5. The van der Waals surface area contributed by atoms with Gasteiger partial charge in [-0.1, -0.05) is 158 Å². The topological polar surface area (TPSA) is 64.5 Å². The van der Waals surface area contributed by atoms with Gasteiger partial charge < -0.3 is 0 Å². The summed E-state index contributed by atoms with van der Waals surface area (Å²) in [5.74, 6) is 2.59. The van der Waals surface area contributed by atoms with Crippen molar-refractivity contribution < 1.29 is 0 Å². The van der Waals surface area contributed by atoms with Crippen molar-refractivity contribution >= 4 is 31.5 Å². The Morgan fingerprint density at radius 3 is 1.35 bits per heavy atom. The Morgan fingerprint density at radius 1 is 0.255 bits per heavy atom. The molecule has 55 heavy (non-hydrogen) atoms. The molecule has 7 aromatic carbocycles. The third kappa shape index (κ3) is 6.45. The molecule has 6 heteroatoms. The monoisotopic (exact) mass is 721 g/mol. The molecule has 0 N–H and O–H groups in total. The maximum absolute atomic E-state index is 5.10. The number of hydrogen-bond acceptors (Lipinski definition) is 6. The summed E-state index contributed by atoms with van der Waals surface area (Å²) in [6.07, 6.45) is 0. The molecule has 0 saturated heterocycles. The zero-order valence-corrected chi connectivity index (χ0v) is 30.4. The van der Waals surface area contributed by atoms with Crippen LogP contribution in [0.25, 0.3) is 99.4 Å². The summed E-state index contributed by atoms with van der Waals surface area (Å²) in [5.41, 5.74) is 9.68. The van der Waals surface area contributed by atoms with Crippen molar-refractivity contribution in [3.05, 3.63) is 188 Å². The van der Waals surface area contributed by atoms with E-state index in [0.29, 0.717) is 23.3 Å². The van der Waals surface area contributed by atoms with Crippen LogP contribution >= 0.6 is 11.3 Å². The van der Waals surface area contributed by atoms with Gasteiger partial charge in [0.15, 0.2) is 23.3 Å². The van der Waals surface area contributed by atoms with Crippen LogP contribution in [0.15, 0.2) is 188 Å². The van der Waals surface area contributed by atoms with E-state index in [4.69, 9.17) is 24.9 Å². The average molecular weight is 722 g/mol. The van der Waals surface area contributed by atoms with Gasteiger partial charge in [0.1, 0.15) is 0 Å². The highest BCUT2D eigenvalue weighted by Gasteiger charge is 2.16. The first-order chi connectivity index (χ1) is 27.2. The number of hydrogen-bond donors (Lipinski definition) is 0. The Balaban J connectivity index is 1.06. The molecule has 3 heterocycles. The standard InChI is InChI=1S/C49H31N5S/c1-4-14-32(15-5-1)42-31-43(51-46(50-42)33-16-6-2-7-17-33)37-22-12-20-35(28-37)36-21-13-23-38(29-36)48-52-47(34-18-8-3-9-19-34)53-49(54-48)39-26-27-41-40-24-10-11-25-44(40)55-45(41)30-39/h1-31H. The molecule has 0 bridgehead atoms. The Labute approximate surface area is 322 Å². The molecule has 0 aliphatic carbocycles. The molecule has 10 aromatic rings. The highest BCUT2D eigenvalue weighted by atomic mass is 32.1. The molecule has 0 unspecified atom stereocenters. The van der Waals surface area contributed by atoms with E-state index in [1.165, 1.54) is 20.2 Å². The van der Waals surface area contributed by atoms with Crippen molar-refractivity contribution in [3.8, 4) is 79.2 Å². The summed E-state index contributed by atoms with van der Waals surface area (Å²) >= 11 is 1.79. The van der Waals surface area contributed by atoms with E-state index in [1.54, 1.807) is 11.3 Å². The van der Waals surface area contributed by atoms with Crippen LogP contribution in [0.2, 0.25) is 0 Å². The summed E-state index contributed by atoms with van der Waals surface area (Å²) in [7, 11) is 0. The molecule has 0 radical (unpaired) electrons. The van der Waals surface area contributed by atoms with Gasteiger partial charge in [-0.25, -0.2) is 24.9 Å². The summed E-state index contributed by atoms with van der Waals surface area (Å²) in [6, 6.07) is 64.6. The Bertz CT molecular complexity index is 2920. The van der Waals surface area contributed by atoms with Gasteiger partial charge in [-0.3, -0.25) is 0 Å². The molecule has 0 atom stereocenters. The second-order valence-corrected chi connectivity index (χ2v) is 14.4. The molecular formula is C49H31N5S. The fourth-order valence-corrected chi connectivity index (χ4v) is 8.12. The fourth-order valence-electron chi connectivity index (χ4n) is 6.98. The van der Waals surface area contributed by atoms with Gasteiger partial charge in [-0.2, -0.15) is 0 Å². The second kappa shape index (κ2) is 14.0. The van der Waals surface area contributed by atoms with Crippen molar-refractivity contribution in [2.75, 3.05) is 0 Å². The smallest absolute Gasteiger partial charge is 0.164 e. The maximum atomic E-state index is 5.10. The minimum Gasteiger partial charge on any atom is -0.228 e. The summed E-state index contributed by atoms with van der Waals surface area (Å²) in [6.45, 7) is 0. The van der Waals surface area contributed by atoms with Crippen molar-refractivity contribution in [1.29, 1.82) is 0 Å². The molecular weight excluding hydrogens is 691 g/mol. The van der Waals surface area contributed by atoms with Crippen molar-refractivity contribution in [3.63, 3.8) is 0 Å². The highest BCUT2D eigenvalue weighted by molar-refractivity contribution is 7.25. The van der Waals surface area contributed by atoms with Crippen LogP contribution in [0.3, 0.4) is 0 Å². The van der Waals surface area contributed by atoms with Gasteiger partial charge in [0.05, 0.1) is 11.4 Å². The fraction of sp³-hybridized carbons (Fsp3) is 0. The van der Waals surface area contributed by atoms with E-state index in [0.717, 1.165) is 55.9 Å². The van der Waals surface area contributed by atoms with Crippen LogP contribution < -0.4 is 0 Å². The Kier molecular flexibility index (Phi) is 8.28. The van der Waals surface area contributed by atoms with Crippen molar-refractivity contribution in [2.24, 2.45) is 0 Å². The van der Waals surface area contributed by atoms with E-state index >= 15 is 0 Å². The number of aromatic nitrogens is 5. The molecule has 0 spiro atoms. The molecule has 10 rings (SSSR count). The SMILES string of the molecule is c1ccc(-c2cc(-c3cccc(-c4cccc(-c5nc(-c6ccccc6)nc(-c6ccc7c(c6)sc6ccccc67)n5)c4)c3)nc(-c3ccccc3)n2)cc1. The molecule has 0 aliphatic rings. The van der Waals surface area contributed by atoms with Gasteiger partial charge in [0, 0.05) is 53.6 Å². The molecule has 0 saturated carbocycles. The van der Waals surface area contributed by atoms with Gasteiger partial charge >= 0.3 is 0 Å². The van der Waals surface area contributed by atoms with E-state index in [-0.39, 0.29) is 0 Å². The lowest BCUT2D eigenvalue weighted by atomic mass is 9.99. The third-order valence-corrected chi connectivity index (χ3v) is 10.9. The van der Waals surface area contributed by atoms with E-state index in [2.05, 4.69) is 109 Å². The summed E-state index contributed by atoms with van der Waals surface area (Å²) < 4.78 is 2.48. The molecule has 0 fully saturated rings. The number of thiophene rings is 1. The first-order valence-corrected chi connectivity index (χ1v) is 19.0. The Hall–Kier alpha value is -7.15. The zero-order chi connectivity index (χ0) is 36.6. The average Bonchev–Trinajstić information content (AvgIpc) is 3.65. The van der Waals surface area contributed by atoms with Crippen LogP contribution in [0, 0.1) is 0 Å². The first-order valence-electron chi connectivity index (χ1n) is 18.2. The minimum absolute atomic E-state index is 0.620. The quantitative estimate of drug-likeness (QED) is 0.164. The summed E-state index contributed by atoms with van der Waals surface area (Å²) in [5, 5.41) is 2.51. The lowest BCUT2D eigenvalue weighted by Gasteiger charge is -2.11. The summed E-state index contributed by atoms with van der Waals surface area (Å²) in [4.78, 5) is 25.2. The first kappa shape index (κ1) is 32.5. The van der Waals surface area contributed by atoms with Gasteiger partial charge in [-0.05, 0) is 41.5 Å². The predicted octanol–water partition coefficient (Wildman–Crippen LogP) is 12.7.